The first-order valence-electron chi connectivity index (χ1n) is 7.98. The van der Waals surface area contributed by atoms with Crippen LogP contribution in [0.3, 0.4) is 0 Å². The molecule has 2 rings (SSSR count). The third kappa shape index (κ3) is 4.34. The smallest absolute Gasteiger partial charge is 0.220 e. The van der Waals surface area contributed by atoms with E-state index in [1.807, 2.05) is 20.0 Å². The van der Waals surface area contributed by atoms with Crippen molar-refractivity contribution in [3.8, 4) is 0 Å². The van der Waals surface area contributed by atoms with Crippen molar-refractivity contribution in [3.05, 3.63) is 35.5 Å². The molecule has 0 aliphatic carbocycles. The summed E-state index contributed by atoms with van der Waals surface area (Å²) >= 11 is 0. The van der Waals surface area contributed by atoms with Crippen molar-refractivity contribution in [3.63, 3.8) is 0 Å². The molecule has 0 spiro atoms. The van der Waals surface area contributed by atoms with E-state index in [0.29, 0.717) is 19.4 Å². The van der Waals surface area contributed by atoms with E-state index in [1.165, 1.54) is 16.5 Å². The zero-order valence-electron chi connectivity index (χ0n) is 13.6. The van der Waals surface area contributed by atoms with Crippen LogP contribution >= 0.6 is 0 Å². The van der Waals surface area contributed by atoms with Crippen molar-refractivity contribution in [1.29, 1.82) is 0 Å². The maximum atomic E-state index is 11.9. The first-order chi connectivity index (χ1) is 10.5. The molecular weight excluding hydrogens is 276 g/mol. The molecule has 1 unspecified atom stereocenters. The van der Waals surface area contributed by atoms with Crippen molar-refractivity contribution in [2.45, 2.75) is 46.1 Å². The summed E-state index contributed by atoms with van der Waals surface area (Å²) in [7, 11) is 0. The molecule has 0 aliphatic heterocycles. The molecule has 4 heteroatoms. The van der Waals surface area contributed by atoms with Gasteiger partial charge in [-0.3, -0.25) is 4.79 Å². The third-order valence-corrected chi connectivity index (χ3v) is 4.08. The lowest BCUT2D eigenvalue weighted by Gasteiger charge is -2.14. The Balaban J connectivity index is 1.81. The average Bonchev–Trinajstić information content (AvgIpc) is 2.87. The van der Waals surface area contributed by atoms with E-state index in [9.17, 15) is 9.90 Å². The van der Waals surface area contributed by atoms with Gasteiger partial charge in [0.05, 0.1) is 6.10 Å². The standard InChI is InChI=1S/C18H26N2O2/c1-12(2)17(21)8-9-19-18(22)7-5-14-11-20-16-6-4-13(3)10-15(14)16/h4,6,10-12,17,20-21H,5,7-9H2,1-3H3,(H,19,22). The topological polar surface area (TPSA) is 65.1 Å². The number of carbonyl (C=O) groups is 1. The van der Waals surface area contributed by atoms with Gasteiger partial charge in [0.25, 0.3) is 0 Å². The third-order valence-electron chi connectivity index (χ3n) is 4.08. The van der Waals surface area contributed by atoms with Crippen LogP contribution in [-0.4, -0.2) is 28.6 Å². The lowest BCUT2D eigenvalue weighted by molar-refractivity contribution is -0.121. The molecule has 0 bridgehead atoms. The highest BCUT2D eigenvalue weighted by Gasteiger charge is 2.10. The van der Waals surface area contributed by atoms with Gasteiger partial charge in [-0.15, -0.1) is 0 Å². The van der Waals surface area contributed by atoms with E-state index in [-0.39, 0.29) is 17.9 Å². The molecule has 0 saturated carbocycles. The summed E-state index contributed by atoms with van der Waals surface area (Å²) in [6, 6.07) is 6.30. The fourth-order valence-corrected chi connectivity index (χ4v) is 2.53. The van der Waals surface area contributed by atoms with Gasteiger partial charge >= 0.3 is 0 Å². The molecule has 4 nitrogen and oxygen atoms in total. The first-order valence-corrected chi connectivity index (χ1v) is 7.98. The Morgan fingerprint density at radius 2 is 2.14 bits per heavy atom. The molecule has 2 aromatic rings. The number of carbonyl (C=O) groups excluding carboxylic acids is 1. The second-order valence-electron chi connectivity index (χ2n) is 6.31. The largest absolute Gasteiger partial charge is 0.393 e. The number of fused-ring (bicyclic) bond motifs is 1. The first kappa shape index (κ1) is 16.6. The van der Waals surface area contributed by atoms with Crippen molar-refractivity contribution in [1.82, 2.24) is 10.3 Å². The molecule has 0 saturated heterocycles. The number of hydrogen-bond donors (Lipinski definition) is 3. The van der Waals surface area contributed by atoms with E-state index >= 15 is 0 Å². The van der Waals surface area contributed by atoms with Crippen LogP contribution in [0.2, 0.25) is 0 Å². The summed E-state index contributed by atoms with van der Waals surface area (Å²) in [5.74, 6) is 0.268. The van der Waals surface area contributed by atoms with Crippen LogP contribution in [0.5, 0.6) is 0 Å². The van der Waals surface area contributed by atoms with E-state index < -0.39 is 0 Å². The molecule has 1 atom stereocenters. The quantitative estimate of drug-likeness (QED) is 0.736. The van der Waals surface area contributed by atoms with Crippen molar-refractivity contribution in [2.75, 3.05) is 6.54 Å². The highest BCUT2D eigenvalue weighted by molar-refractivity contribution is 5.84. The highest BCUT2D eigenvalue weighted by atomic mass is 16.3. The van der Waals surface area contributed by atoms with Crippen LogP contribution in [-0.2, 0) is 11.2 Å². The van der Waals surface area contributed by atoms with Crippen molar-refractivity contribution < 1.29 is 9.90 Å². The van der Waals surface area contributed by atoms with Crippen LogP contribution in [0.1, 0.15) is 37.8 Å². The van der Waals surface area contributed by atoms with Crippen LogP contribution in [0.25, 0.3) is 10.9 Å². The number of aromatic nitrogens is 1. The van der Waals surface area contributed by atoms with Crippen LogP contribution in [0.4, 0.5) is 0 Å². The molecule has 3 N–H and O–H groups in total. The van der Waals surface area contributed by atoms with Gasteiger partial charge in [0.15, 0.2) is 0 Å². The summed E-state index contributed by atoms with van der Waals surface area (Å²) < 4.78 is 0. The normalized spacial score (nSPS) is 12.8. The second kappa shape index (κ2) is 7.45. The number of aryl methyl sites for hydroxylation is 2. The number of aliphatic hydroxyl groups is 1. The maximum Gasteiger partial charge on any atom is 0.220 e. The lowest BCUT2D eigenvalue weighted by atomic mass is 10.0. The number of hydrogen-bond acceptors (Lipinski definition) is 2. The number of nitrogens with one attached hydrogen (secondary N) is 2. The fraction of sp³-hybridized carbons (Fsp3) is 0.500. The Labute approximate surface area is 131 Å². The molecule has 0 radical (unpaired) electrons. The highest BCUT2D eigenvalue weighted by Crippen LogP contribution is 2.20. The number of aliphatic hydroxyl groups excluding tert-OH is 1. The summed E-state index contributed by atoms with van der Waals surface area (Å²) in [4.78, 5) is 15.1. The van der Waals surface area contributed by atoms with Crippen molar-refractivity contribution >= 4 is 16.8 Å². The summed E-state index contributed by atoms with van der Waals surface area (Å²) in [5.41, 5.74) is 3.51. The van der Waals surface area contributed by atoms with Crippen LogP contribution in [0, 0.1) is 12.8 Å². The Bertz CT molecular complexity index is 631. The molecule has 22 heavy (non-hydrogen) atoms. The number of benzene rings is 1. The summed E-state index contributed by atoms with van der Waals surface area (Å²) in [6.45, 7) is 6.56. The van der Waals surface area contributed by atoms with Gasteiger partial charge in [0.1, 0.15) is 0 Å². The minimum atomic E-state index is -0.350. The predicted molar refractivity (Wildman–Crippen MR) is 89.8 cm³/mol. The van der Waals surface area contributed by atoms with E-state index in [0.717, 1.165) is 11.9 Å². The van der Waals surface area contributed by atoms with Gasteiger partial charge in [-0.05, 0) is 43.4 Å². The molecule has 1 aromatic heterocycles. The van der Waals surface area contributed by atoms with Gasteiger partial charge < -0.3 is 15.4 Å². The number of rotatable bonds is 7. The zero-order chi connectivity index (χ0) is 16.1. The maximum absolute atomic E-state index is 11.9. The molecule has 0 aliphatic rings. The van der Waals surface area contributed by atoms with Gasteiger partial charge in [-0.25, -0.2) is 0 Å². The van der Waals surface area contributed by atoms with Gasteiger partial charge in [-0.2, -0.15) is 0 Å². The van der Waals surface area contributed by atoms with Gasteiger partial charge in [-0.1, -0.05) is 25.5 Å². The van der Waals surface area contributed by atoms with E-state index in [2.05, 4.69) is 35.4 Å². The molecule has 1 heterocycles. The Morgan fingerprint density at radius 3 is 2.86 bits per heavy atom. The summed E-state index contributed by atoms with van der Waals surface area (Å²) in [5, 5.41) is 13.8. The molecule has 120 valence electrons. The Morgan fingerprint density at radius 1 is 1.36 bits per heavy atom. The van der Waals surface area contributed by atoms with Gasteiger partial charge in [0.2, 0.25) is 5.91 Å². The Kier molecular flexibility index (Phi) is 5.61. The second-order valence-corrected chi connectivity index (χ2v) is 6.31. The molecule has 1 amide bonds. The predicted octanol–water partition coefficient (Wildman–Crippen LogP) is 2.93. The minimum absolute atomic E-state index is 0.0398. The lowest BCUT2D eigenvalue weighted by Crippen LogP contribution is -2.28. The van der Waals surface area contributed by atoms with Gasteiger partial charge in [0, 0.05) is 30.1 Å². The number of H-pyrrole nitrogens is 1. The van der Waals surface area contributed by atoms with Crippen molar-refractivity contribution in [2.24, 2.45) is 5.92 Å². The van der Waals surface area contributed by atoms with Crippen LogP contribution in [0.15, 0.2) is 24.4 Å². The van der Waals surface area contributed by atoms with Crippen LogP contribution < -0.4 is 5.32 Å². The molecule has 0 fully saturated rings. The monoisotopic (exact) mass is 302 g/mol. The molecular formula is C18H26N2O2. The van der Waals surface area contributed by atoms with E-state index in [4.69, 9.17) is 0 Å². The Hall–Kier alpha value is -1.81. The zero-order valence-corrected chi connectivity index (χ0v) is 13.6. The van der Waals surface area contributed by atoms with E-state index in [1.54, 1.807) is 0 Å². The minimum Gasteiger partial charge on any atom is -0.393 e. The average molecular weight is 302 g/mol. The fourth-order valence-electron chi connectivity index (χ4n) is 2.53. The number of aromatic amines is 1. The SMILES string of the molecule is Cc1ccc2[nH]cc(CCC(=O)NCCC(O)C(C)C)c2c1. The number of amides is 1. The summed E-state index contributed by atoms with van der Waals surface area (Å²) in [6.07, 6.45) is 3.44. The molecule has 1 aromatic carbocycles.